The molecule has 0 aromatic carbocycles. The van der Waals surface area contributed by atoms with E-state index < -0.39 is 12.2 Å². The molecular weight excluding hydrogens is 278 g/mol. The first-order valence-electron chi connectivity index (χ1n) is 6.32. The van der Waals surface area contributed by atoms with Crippen molar-refractivity contribution in [2.75, 3.05) is 17.7 Å². The predicted octanol–water partition coefficient (Wildman–Crippen LogP) is -0.362. The number of rotatable bonds is 3. The van der Waals surface area contributed by atoms with Gasteiger partial charge in [0.2, 0.25) is 0 Å². The number of thioether (sulfide) groups is 1. The summed E-state index contributed by atoms with van der Waals surface area (Å²) < 4.78 is 0. The molecule has 0 bridgehead atoms. The molecule has 4 atom stereocenters. The van der Waals surface area contributed by atoms with Crippen molar-refractivity contribution in [1.29, 1.82) is 0 Å². The van der Waals surface area contributed by atoms with Crippen LogP contribution in [0.2, 0.25) is 0 Å². The highest BCUT2D eigenvalue weighted by Gasteiger charge is 2.42. The van der Waals surface area contributed by atoms with Gasteiger partial charge < -0.3 is 26.2 Å². The SMILES string of the molecule is CSCC1NC(c2c[nH]c3c(N)ncnc23)[C@@H](O)[C@H]1O. The highest BCUT2D eigenvalue weighted by atomic mass is 32.2. The summed E-state index contributed by atoms with van der Waals surface area (Å²) in [6.45, 7) is 0. The number of nitrogen functional groups attached to an aromatic ring is 1. The Morgan fingerprint density at radius 1 is 1.35 bits per heavy atom. The highest BCUT2D eigenvalue weighted by molar-refractivity contribution is 7.98. The van der Waals surface area contributed by atoms with Crippen LogP contribution in [0.1, 0.15) is 11.6 Å². The minimum absolute atomic E-state index is 0.144. The van der Waals surface area contributed by atoms with Crippen LogP contribution in [-0.4, -0.2) is 55.4 Å². The van der Waals surface area contributed by atoms with Crippen molar-refractivity contribution in [3.8, 4) is 0 Å². The van der Waals surface area contributed by atoms with Crippen molar-refractivity contribution >= 4 is 28.6 Å². The number of hydrogen-bond donors (Lipinski definition) is 5. The molecule has 2 aromatic heterocycles. The van der Waals surface area contributed by atoms with Crippen molar-refractivity contribution in [1.82, 2.24) is 20.3 Å². The van der Waals surface area contributed by atoms with E-state index in [9.17, 15) is 10.2 Å². The minimum atomic E-state index is -0.873. The van der Waals surface area contributed by atoms with Gasteiger partial charge in [-0.3, -0.25) is 0 Å². The predicted molar refractivity (Wildman–Crippen MR) is 78.4 cm³/mol. The summed E-state index contributed by atoms with van der Waals surface area (Å²) in [5, 5.41) is 23.6. The summed E-state index contributed by atoms with van der Waals surface area (Å²) in [7, 11) is 0. The quantitative estimate of drug-likeness (QED) is 0.524. The van der Waals surface area contributed by atoms with E-state index in [1.165, 1.54) is 6.33 Å². The van der Waals surface area contributed by atoms with E-state index in [0.717, 1.165) is 11.3 Å². The maximum absolute atomic E-state index is 10.2. The van der Waals surface area contributed by atoms with Gasteiger partial charge in [0.05, 0.1) is 17.7 Å². The topological polar surface area (TPSA) is 120 Å². The van der Waals surface area contributed by atoms with Gasteiger partial charge in [-0.2, -0.15) is 11.8 Å². The third kappa shape index (κ3) is 2.05. The lowest BCUT2D eigenvalue weighted by atomic mass is 10.0. The molecule has 7 nitrogen and oxygen atoms in total. The summed E-state index contributed by atoms with van der Waals surface area (Å²) in [6, 6.07) is -0.515. The molecule has 6 N–H and O–H groups in total. The van der Waals surface area contributed by atoms with Crippen LogP contribution in [0.4, 0.5) is 5.82 Å². The van der Waals surface area contributed by atoms with Crippen LogP contribution < -0.4 is 11.1 Å². The standard InChI is InChI=1S/C12H17N5O2S/c1-20-3-6-10(18)11(19)8(17-6)5-2-14-9-7(5)15-4-16-12(9)13/h2,4,6,8,10-11,14,17-19H,3H2,1H3,(H2,13,15,16)/t6?,8?,10-,11+/m0/s1. The molecule has 0 amide bonds. The number of H-pyrrole nitrogens is 1. The van der Waals surface area contributed by atoms with Crippen LogP contribution in [0.25, 0.3) is 11.0 Å². The van der Waals surface area contributed by atoms with Crippen LogP contribution >= 0.6 is 11.8 Å². The molecule has 1 saturated heterocycles. The zero-order valence-electron chi connectivity index (χ0n) is 10.9. The maximum Gasteiger partial charge on any atom is 0.151 e. The van der Waals surface area contributed by atoms with Gasteiger partial charge in [0.25, 0.3) is 0 Å². The van der Waals surface area contributed by atoms with Crippen molar-refractivity contribution in [2.45, 2.75) is 24.3 Å². The molecule has 8 heteroatoms. The number of aromatic nitrogens is 3. The van der Waals surface area contributed by atoms with E-state index in [2.05, 4.69) is 20.3 Å². The first kappa shape index (κ1) is 13.6. The van der Waals surface area contributed by atoms with E-state index in [4.69, 9.17) is 5.73 Å². The second kappa shape index (κ2) is 5.21. The molecule has 1 aliphatic heterocycles. The van der Waals surface area contributed by atoms with Gasteiger partial charge in [0, 0.05) is 23.6 Å². The largest absolute Gasteiger partial charge is 0.389 e. The van der Waals surface area contributed by atoms with Gasteiger partial charge in [-0.1, -0.05) is 0 Å². The molecule has 1 fully saturated rings. The van der Waals surface area contributed by atoms with Crippen molar-refractivity contribution in [3.63, 3.8) is 0 Å². The Morgan fingerprint density at radius 3 is 2.90 bits per heavy atom. The van der Waals surface area contributed by atoms with Gasteiger partial charge >= 0.3 is 0 Å². The second-order valence-corrected chi connectivity index (χ2v) is 5.82. The van der Waals surface area contributed by atoms with E-state index in [-0.39, 0.29) is 12.1 Å². The van der Waals surface area contributed by atoms with Crippen LogP contribution in [0.5, 0.6) is 0 Å². The van der Waals surface area contributed by atoms with Crippen LogP contribution in [0.3, 0.4) is 0 Å². The Bertz CT molecular complexity index is 619. The van der Waals surface area contributed by atoms with E-state index in [1.54, 1.807) is 18.0 Å². The lowest BCUT2D eigenvalue weighted by Gasteiger charge is -2.14. The minimum Gasteiger partial charge on any atom is -0.389 e. The van der Waals surface area contributed by atoms with Crippen LogP contribution in [0.15, 0.2) is 12.5 Å². The number of aliphatic hydroxyl groups excluding tert-OH is 2. The molecular formula is C12H17N5O2S. The Balaban J connectivity index is 1.97. The molecule has 3 heterocycles. The Hall–Kier alpha value is -1.35. The van der Waals surface area contributed by atoms with Crippen LogP contribution in [0, 0.1) is 0 Å². The zero-order valence-corrected chi connectivity index (χ0v) is 11.8. The third-order valence-corrected chi connectivity index (χ3v) is 4.39. The molecule has 0 radical (unpaired) electrons. The number of nitrogens with two attached hydrogens (primary N) is 1. The molecule has 2 unspecified atom stereocenters. The molecule has 3 rings (SSSR count). The Kier molecular flexibility index (Phi) is 3.55. The lowest BCUT2D eigenvalue weighted by Crippen LogP contribution is -2.34. The Labute approximate surface area is 120 Å². The molecule has 1 aliphatic rings. The van der Waals surface area contributed by atoms with Gasteiger partial charge in [-0.15, -0.1) is 0 Å². The fourth-order valence-electron chi connectivity index (χ4n) is 2.68. The van der Waals surface area contributed by atoms with E-state index >= 15 is 0 Å². The summed E-state index contributed by atoms with van der Waals surface area (Å²) >= 11 is 1.62. The molecule has 0 aliphatic carbocycles. The molecule has 2 aromatic rings. The normalized spacial score (nSPS) is 30.1. The number of aliphatic hydroxyl groups is 2. The number of nitrogens with zero attached hydrogens (tertiary/aromatic N) is 2. The number of hydrogen-bond acceptors (Lipinski definition) is 7. The first-order valence-corrected chi connectivity index (χ1v) is 7.71. The molecule has 108 valence electrons. The fraction of sp³-hybridized carbons (Fsp3) is 0.500. The maximum atomic E-state index is 10.2. The average molecular weight is 295 g/mol. The highest BCUT2D eigenvalue weighted by Crippen LogP contribution is 2.33. The van der Waals surface area contributed by atoms with Gasteiger partial charge in [-0.05, 0) is 6.26 Å². The Morgan fingerprint density at radius 2 is 2.15 bits per heavy atom. The zero-order chi connectivity index (χ0) is 14.3. The number of aromatic amines is 1. The van der Waals surface area contributed by atoms with Crippen molar-refractivity contribution in [2.24, 2.45) is 0 Å². The second-order valence-electron chi connectivity index (χ2n) is 4.91. The summed E-state index contributed by atoms with van der Waals surface area (Å²) in [5.74, 6) is 1.10. The molecule has 0 saturated carbocycles. The van der Waals surface area contributed by atoms with Crippen molar-refractivity contribution in [3.05, 3.63) is 18.1 Å². The summed E-state index contributed by atoms with van der Waals surface area (Å²) in [5.41, 5.74) is 7.91. The summed E-state index contributed by atoms with van der Waals surface area (Å²) in [4.78, 5) is 11.2. The monoisotopic (exact) mass is 295 g/mol. The van der Waals surface area contributed by atoms with Gasteiger partial charge in [0.15, 0.2) is 5.82 Å². The number of nitrogens with one attached hydrogen (secondary N) is 2. The third-order valence-electron chi connectivity index (χ3n) is 3.70. The smallest absolute Gasteiger partial charge is 0.151 e. The van der Waals surface area contributed by atoms with Gasteiger partial charge in [-0.25, -0.2) is 9.97 Å². The molecule has 0 spiro atoms. The number of anilines is 1. The summed E-state index contributed by atoms with van der Waals surface area (Å²) in [6.07, 6.45) is 3.45. The van der Waals surface area contributed by atoms with Crippen LogP contribution in [-0.2, 0) is 0 Å². The van der Waals surface area contributed by atoms with E-state index in [1.807, 2.05) is 6.26 Å². The van der Waals surface area contributed by atoms with Gasteiger partial charge in [0.1, 0.15) is 17.9 Å². The molecule has 20 heavy (non-hydrogen) atoms. The number of fused-ring (bicyclic) bond motifs is 1. The first-order chi connectivity index (χ1) is 9.63. The van der Waals surface area contributed by atoms with E-state index in [0.29, 0.717) is 16.9 Å². The van der Waals surface area contributed by atoms with Crippen molar-refractivity contribution < 1.29 is 10.2 Å². The fourth-order valence-corrected chi connectivity index (χ4v) is 3.33. The average Bonchev–Trinajstić information content (AvgIpc) is 2.97. The lowest BCUT2D eigenvalue weighted by molar-refractivity contribution is 0.0308.